The summed E-state index contributed by atoms with van der Waals surface area (Å²) >= 11 is 0. The van der Waals surface area contributed by atoms with Crippen LogP contribution in [0.1, 0.15) is 36.3 Å². The third-order valence-corrected chi connectivity index (χ3v) is 6.04. The fourth-order valence-corrected chi connectivity index (χ4v) is 4.66. The molecule has 2 atom stereocenters. The molecule has 5 heteroatoms. The van der Waals surface area contributed by atoms with E-state index in [-0.39, 0.29) is 0 Å². The van der Waals surface area contributed by atoms with Crippen LogP contribution < -0.4 is 5.32 Å². The van der Waals surface area contributed by atoms with Gasteiger partial charge in [-0.05, 0) is 42.2 Å². The van der Waals surface area contributed by atoms with Crippen molar-refractivity contribution in [2.45, 2.75) is 31.7 Å². The zero-order valence-corrected chi connectivity index (χ0v) is 13.4. The quantitative estimate of drug-likeness (QED) is 0.928. The van der Waals surface area contributed by atoms with Crippen LogP contribution in [-0.4, -0.2) is 38.6 Å². The highest BCUT2D eigenvalue weighted by molar-refractivity contribution is 7.88. The van der Waals surface area contributed by atoms with Crippen molar-refractivity contribution in [1.82, 2.24) is 9.62 Å². The van der Waals surface area contributed by atoms with E-state index in [1.165, 1.54) is 17.4 Å². The molecule has 0 aromatic heterocycles. The van der Waals surface area contributed by atoms with Gasteiger partial charge >= 0.3 is 0 Å². The first kappa shape index (κ1) is 15.0. The molecular weight excluding hydrogens is 284 g/mol. The third-order valence-electron chi connectivity index (χ3n) is 4.77. The minimum atomic E-state index is -3.04. The number of nitrogens with zero attached hydrogens (tertiary/aromatic N) is 1. The van der Waals surface area contributed by atoms with Crippen molar-refractivity contribution in [3.8, 4) is 0 Å². The zero-order chi connectivity index (χ0) is 14.9. The number of hydrogen-bond acceptors (Lipinski definition) is 3. The molecule has 0 saturated carbocycles. The van der Waals surface area contributed by atoms with Crippen LogP contribution >= 0.6 is 0 Å². The predicted octanol–water partition coefficient (Wildman–Crippen LogP) is 1.94. The highest BCUT2D eigenvalue weighted by Crippen LogP contribution is 2.33. The molecule has 0 radical (unpaired) electrons. The van der Waals surface area contributed by atoms with E-state index >= 15 is 0 Å². The Morgan fingerprint density at radius 2 is 2.14 bits per heavy atom. The summed E-state index contributed by atoms with van der Waals surface area (Å²) in [6, 6.07) is 8.63. The molecule has 1 saturated heterocycles. The maximum atomic E-state index is 11.7. The van der Waals surface area contributed by atoms with E-state index in [4.69, 9.17) is 0 Å². The summed E-state index contributed by atoms with van der Waals surface area (Å²) in [5.41, 5.74) is 2.84. The van der Waals surface area contributed by atoms with Crippen molar-refractivity contribution >= 4 is 10.0 Å². The first-order chi connectivity index (χ1) is 10.0. The van der Waals surface area contributed by atoms with Crippen molar-refractivity contribution in [2.75, 3.05) is 25.9 Å². The molecule has 2 unspecified atom stereocenters. The van der Waals surface area contributed by atoms with Gasteiger partial charge in [-0.1, -0.05) is 24.3 Å². The summed E-state index contributed by atoms with van der Waals surface area (Å²) in [6.45, 7) is 3.34. The highest BCUT2D eigenvalue weighted by atomic mass is 32.2. The topological polar surface area (TPSA) is 49.4 Å². The molecule has 2 heterocycles. The number of nitrogens with one attached hydrogen (secondary N) is 1. The van der Waals surface area contributed by atoms with Gasteiger partial charge in [-0.3, -0.25) is 0 Å². The lowest BCUT2D eigenvalue weighted by molar-refractivity contribution is 0.243. The fraction of sp³-hybridized carbons (Fsp3) is 0.625. The summed E-state index contributed by atoms with van der Waals surface area (Å²) in [5.74, 6) is 0.992. The van der Waals surface area contributed by atoms with Gasteiger partial charge in [0.05, 0.1) is 6.26 Å². The molecule has 0 spiro atoms. The number of benzene rings is 1. The van der Waals surface area contributed by atoms with E-state index in [0.29, 0.717) is 24.9 Å². The molecule has 1 fully saturated rings. The maximum absolute atomic E-state index is 11.7. The Labute approximate surface area is 127 Å². The van der Waals surface area contributed by atoms with E-state index in [2.05, 4.69) is 29.6 Å². The predicted molar refractivity (Wildman–Crippen MR) is 84.6 cm³/mol. The van der Waals surface area contributed by atoms with E-state index in [0.717, 1.165) is 32.4 Å². The number of sulfonamides is 1. The van der Waals surface area contributed by atoms with E-state index < -0.39 is 10.0 Å². The Hall–Kier alpha value is -0.910. The Morgan fingerprint density at radius 3 is 2.95 bits per heavy atom. The normalized spacial score (nSPS) is 27.3. The van der Waals surface area contributed by atoms with Gasteiger partial charge in [-0.2, -0.15) is 0 Å². The summed E-state index contributed by atoms with van der Waals surface area (Å²) in [5, 5.41) is 3.49. The first-order valence-corrected chi connectivity index (χ1v) is 9.62. The standard InChI is InChI=1S/C16H24N2O2S/c1-21(19,20)18-8-4-5-13(12-18)9-15-11-17-10-14-6-2-3-7-16(14)15/h2-3,6-7,13,15,17H,4-5,8-12H2,1H3. The van der Waals surface area contributed by atoms with E-state index in [9.17, 15) is 8.42 Å². The third kappa shape index (κ3) is 3.47. The smallest absolute Gasteiger partial charge is 0.211 e. The van der Waals surface area contributed by atoms with Gasteiger partial charge in [-0.15, -0.1) is 0 Å². The summed E-state index contributed by atoms with van der Waals surface area (Å²) in [4.78, 5) is 0. The molecule has 2 aliphatic rings. The van der Waals surface area contributed by atoms with Crippen LogP contribution in [0.15, 0.2) is 24.3 Å². The number of rotatable bonds is 3. The molecule has 116 valence electrons. The molecule has 21 heavy (non-hydrogen) atoms. The van der Waals surface area contributed by atoms with Crippen LogP contribution in [-0.2, 0) is 16.6 Å². The van der Waals surface area contributed by atoms with E-state index in [1.54, 1.807) is 4.31 Å². The van der Waals surface area contributed by atoms with Crippen molar-refractivity contribution in [1.29, 1.82) is 0 Å². The van der Waals surface area contributed by atoms with Gasteiger partial charge in [0.25, 0.3) is 0 Å². The van der Waals surface area contributed by atoms with Crippen LogP contribution in [0.4, 0.5) is 0 Å². The van der Waals surface area contributed by atoms with Crippen LogP contribution in [0.5, 0.6) is 0 Å². The van der Waals surface area contributed by atoms with E-state index in [1.807, 2.05) is 0 Å². The Balaban J connectivity index is 1.70. The van der Waals surface area contributed by atoms with Gasteiger partial charge in [-0.25, -0.2) is 12.7 Å². The highest BCUT2D eigenvalue weighted by Gasteiger charge is 2.29. The maximum Gasteiger partial charge on any atom is 0.211 e. The first-order valence-electron chi connectivity index (χ1n) is 7.77. The number of fused-ring (bicyclic) bond motifs is 1. The minimum Gasteiger partial charge on any atom is -0.312 e. The van der Waals surface area contributed by atoms with Crippen molar-refractivity contribution < 1.29 is 8.42 Å². The molecule has 1 aromatic rings. The van der Waals surface area contributed by atoms with Gasteiger partial charge in [0, 0.05) is 26.2 Å². The second-order valence-corrected chi connectivity index (χ2v) is 8.37. The van der Waals surface area contributed by atoms with Gasteiger partial charge in [0.15, 0.2) is 0 Å². The lowest BCUT2D eigenvalue weighted by Crippen LogP contribution is -2.40. The molecule has 0 aliphatic carbocycles. The average molecular weight is 308 g/mol. The lowest BCUT2D eigenvalue weighted by Gasteiger charge is -2.35. The van der Waals surface area contributed by atoms with Crippen molar-refractivity contribution in [2.24, 2.45) is 5.92 Å². The molecule has 2 aliphatic heterocycles. The summed E-state index contributed by atoms with van der Waals surface area (Å²) in [7, 11) is -3.04. The van der Waals surface area contributed by atoms with Crippen LogP contribution in [0.3, 0.4) is 0 Å². The summed E-state index contributed by atoms with van der Waals surface area (Å²) < 4.78 is 25.1. The zero-order valence-electron chi connectivity index (χ0n) is 12.6. The van der Waals surface area contributed by atoms with Gasteiger partial charge in [0.1, 0.15) is 0 Å². The second-order valence-electron chi connectivity index (χ2n) is 6.39. The van der Waals surface area contributed by atoms with Crippen LogP contribution in [0.2, 0.25) is 0 Å². The van der Waals surface area contributed by atoms with Crippen LogP contribution in [0, 0.1) is 5.92 Å². The lowest BCUT2D eigenvalue weighted by atomic mass is 9.82. The Kier molecular flexibility index (Phi) is 4.33. The van der Waals surface area contributed by atoms with Crippen LogP contribution in [0.25, 0.3) is 0 Å². The number of hydrogen-bond donors (Lipinski definition) is 1. The molecule has 0 bridgehead atoms. The van der Waals surface area contributed by atoms with Crippen molar-refractivity contribution in [3.05, 3.63) is 35.4 Å². The molecule has 3 rings (SSSR count). The molecule has 1 N–H and O–H groups in total. The van der Waals surface area contributed by atoms with Gasteiger partial charge in [0.2, 0.25) is 10.0 Å². The number of piperidine rings is 1. The van der Waals surface area contributed by atoms with Gasteiger partial charge < -0.3 is 5.32 Å². The molecule has 1 aromatic carbocycles. The molecule has 4 nitrogen and oxygen atoms in total. The summed E-state index contributed by atoms with van der Waals surface area (Å²) in [6.07, 6.45) is 4.53. The minimum absolute atomic E-state index is 0.478. The molecular formula is C16H24N2O2S. The fourth-order valence-electron chi connectivity index (χ4n) is 3.72. The Morgan fingerprint density at radius 1 is 1.33 bits per heavy atom. The monoisotopic (exact) mass is 308 g/mol. The average Bonchev–Trinajstić information content (AvgIpc) is 2.47. The van der Waals surface area contributed by atoms with Crippen molar-refractivity contribution in [3.63, 3.8) is 0 Å². The molecule has 0 amide bonds. The second kappa shape index (κ2) is 6.07. The Bertz CT molecular complexity index is 600. The SMILES string of the molecule is CS(=O)(=O)N1CCCC(CC2CNCc3ccccc32)C1. The largest absolute Gasteiger partial charge is 0.312 e.